The van der Waals surface area contributed by atoms with Crippen molar-refractivity contribution in [3.05, 3.63) is 28.4 Å². The molecule has 1 unspecified atom stereocenters. The van der Waals surface area contributed by atoms with Crippen LogP contribution in [0.1, 0.15) is 5.56 Å². The second-order valence-corrected chi connectivity index (χ2v) is 2.74. The van der Waals surface area contributed by atoms with E-state index in [0.717, 1.165) is 0 Å². The summed E-state index contributed by atoms with van der Waals surface area (Å²) in [6.45, 7) is 0. The molecular formula is C8H11N3O3. The molecule has 1 rings (SSSR count). The fourth-order valence-electron chi connectivity index (χ4n) is 0.991. The lowest BCUT2D eigenvalue weighted by atomic mass is 10.1. The molecule has 0 radical (unpaired) electrons. The molecule has 1 aromatic rings. The van der Waals surface area contributed by atoms with Gasteiger partial charge in [0.25, 0.3) is 5.56 Å². The summed E-state index contributed by atoms with van der Waals surface area (Å²) >= 11 is 0. The summed E-state index contributed by atoms with van der Waals surface area (Å²) in [4.78, 5) is 28.2. The molecule has 1 aromatic heterocycles. The summed E-state index contributed by atoms with van der Waals surface area (Å²) in [7, 11) is 1.25. The number of aromatic amines is 1. The Bertz CT molecular complexity index is 374. The maximum atomic E-state index is 11.2. The first-order valence-electron chi connectivity index (χ1n) is 4.00. The molecule has 0 aliphatic heterocycles. The third-order valence-corrected chi connectivity index (χ3v) is 1.74. The number of hydrogen-bond donors (Lipinski definition) is 2. The number of carbonyl (C=O) groups is 1. The van der Waals surface area contributed by atoms with Crippen LogP contribution in [0.15, 0.2) is 17.3 Å². The average Bonchev–Trinajstić information content (AvgIpc) is 2.20. The fraction of sp³-hybridized carbons (Fsp3) is 0.375. The molecule has 1 atom stereocenters. The summed E-state index contributed by atoms with van der Waals surface area (Å²) in [6, 6.07) is -0.828. The van der Waals surface area contributed by atoms with E-state index in [0.29, 0.717) is 5.56 Å². The first-order valence-corrected chi connectivity index (χ1v) is 4.00. The largest absolute Gasteiger partial charge is 0.468 e. The summed E-state index contributed by atoms with van der Waals surface area (Å²) in [5.74, 6) is -0.548. The maximum absolute atomic E-state index is 11.2. The number of nitrogens with one attached hydrogen (secondary N) is 1. The number of nitrogens with two attached hydrogens (primary N) is 1. The Kier molecular flexibility index (Phi) is 3.35. The van der Waals surface area contributed by atoms with E-state index >= 15 is 0 Å². The van der Waals surface area contributed by atoms with Crippen molar-refractivity contribution in [2.45, 2.75) is 12.5 Å². The van der Waals surface area contributed by atoms with E-state index in [2.05, 4.69) is 14.7 Å². The molecule has 0 spiro atoms. The normalized spacial score (nSPS) is 12.1. The number of rotatable bonds is 3. The lowest BCUT2D eigenvalue weighted by molar-refractivity contribution is -0.142. The maximum Gasteiger partial charge on any atom is 0.322 e. The first kappa shape index (κ1) is 10.4. The predicted octanol–water partition coefficient (Wildman–Crippen LogP) is -1.19. The van der Waals surface area contributed by atoms with Gasteiger partial charge in [0.15, 0.2) is 0 Å². The minimum absolute atomic E-state index is 0.121. The van der Waals surface area contributed by atoms with Gasteiger partial charge in [-0.25, -0.2) is 4.98 Å². The van der Waals surface area contributed by atoms with Crippen molar-refractivity contribution in [3.8, 4) is 0 Å². The molecule has 0 aliphatic carbocycles. The summed E-state index contributed by atoms with van der Waals surface area (Å²) < 4.78 is 4.43. The average molecular weight is 197 g/mol. The Labute approximate surface area is 80.1 Å². The number of aromatic nitrogens is 2. The number of H-pyrrole nitrogens is 1. The highest BCUT2D eigenvalue weighted by molar-refractivity contribution is 5.75. The van der Waals surface area contributed by atoms with Gasteiger partial charge in [0.1, 0.15) is 6.04 Å². The summed E-state index contributed by atoms with van der Waals surface area (Å²) in [5.41, 5.74) is 5.55. The Balaban J connectivity index is 2.74. The van der Waals surface area contributed by atoms with Crippen molar-refractivity contribution in [1.29, 1.82) is 0 Å². The zero-order chi connectivity index (χ0) is 10.6. The zero-order valence-electron chi connectivity index (χ0n) is 7.69. The Morgan fingerprint density at radius 3 is 3.07 bits per heavy atom. The van der Waals surface area contributed by atoms with Gasteiger partial charge in [-0.3, -0.25) is 9.59 Å². The van der Waals surface area contributed by atoms with Crippen molar-refractivity contribution in [1.82, 2.24) is 9.97 Å². The minimum atomic E-state index is -0.828. The molecule has 76 valence electrons. The van der Waals surface area contributed by atoms with Gasteiger partial charge in [0, 0.05) is 18.2 Å². The Morgan fingerprint density at radius 2 is 2.50 bits per heavy atom. The molecule has 6 nitrogen and oxygen atoms in total. The van der Waals surface area contributed by atoms with Gasteiger partial charge in [-0.2, -0.15) is 0 Å². The van der Waals surface area contributed by atoms with Crippen LogP contribution in [0.5, 0.6) is 0 Å². The van der Waals surface area contributed by atoms with Gasteiger partial charge in [-0.1, -0.05) is 0 Å². The topological polar surface area (TPSA) is 98.1 Å². The fourth-order valence-corrected chi connectivity index (χ4v) is 0.991. The third kappa shape index (κ3) is 2.40. The van der Waals surface area contributed by atoms with Crippen molar-refractivity contribution in [2.75, 3.05) is 7.11 Å². The van der Waals surface area contributed by atoms with Crippen LogP contribution >= 0.6 is 0 Å². The van der Waals surface area contributed by atoms with Gasteiger partial charge in [0.05, 0.1) is 13.4 Å². The van der Waals surface area contributed by atoms with Gasteiger partial charge < -0.3 is 15.5 Å². The van der Waals surface area contributed by atoms with Gasteiger partial charge >= 0.3 is 5.97 Å². The third-order valence-electron chi connectivity index (χ3n) is 1.74. The van der Waals surface area contributed by atoms with Crippen LogP contribution in [0.4, 0.5) is 0 Å². The lowest BCUT2D eigenvalue weighted by Gasteiger charge is -2.07. The number of ether oxygens (including phenoxy) is 1. The van der Waals surface area contributed by atoms with Crippen molar-refractivity contribution in [2.24, 2.45) is 5.73 Å². The minimum Gasteiger partial charge on any atom is -0.468 e. The molecule has 3 N–H and O–H groups in total. The van der Waals surface area contributed by atoms with Gasteiger partial charge in [0.2, 0.25) is 0 Å². The quantitative estimate of drug-likeness (QED) is 0.594. The summed E-state index contributed by atoms with van der Waals surface area (Å²) in [5, 5.41) is 0. The van der Waals surface area contributed by atoms with Crippen LogP contribution in [0.25, 0.3) is 0 Å². The smallest absolute Gasteiger partial charge is 0.322 e. The second kappa shape index (κ2) is 4.52. The number of esters is 1. The van der Waals surface area contributed by atoms with Crippen molar-refractivity contribution >= 4 is 5.97 Å². The van der Waals surface area contributed by atoms with Crippen LogP contribution in [-0.2, 0) is 16.0 Å². The van der Waals surface area contributed by atoms with E-state index in [9.17, 15) is 9.59 Å². The monoisotopic (exact) mass is 197 g/mol. The molecule has 0 aromatic carbocycles. The molecule has 0 aliphatic rings. The van der Waals surface area contributed by atoms with Gasteiger partial charge in [-0.15, -0.1) is 0 Å². The van der Waals surface area contributed by atoms with Crippen LogP contribution in [0, 0.1) is 0 Å². The van der Waals surface area contributed by atoms with E-state index in [1.165, 1.54) is 19.6 Å². The Morgan fingerprint density at radius 1 is 1.79 bits per heavy atom. The van der Waals surface area contributed by atoms with Gasteiger partial charge in [-0.05, 0) is 0 Å². The first-order chi connectivity index (χ1) is 6.65. The van der Waals surface area contributed by atoms with Crippen LogP contribution in [-0.4, -0.2) is 29.1 Å². The van der Waals surface area contributed by atoms with Crippen LogP contribution in [0.2, 0.25) is 0 Å². The molecule has 0 saturated heterocycles. The SMILES string of the molecule is COC(=O)C(N)Cc1cnc[nH]c1=O. The molecule has 0 saturated carbocycles. The highest BCUT2D eigenvalue weighted by Gasteiger charge is 2.15. The Hall–Kier alpha value is -1.69. The number of nitrogens with zero attached hydrogens (tertiary/aromatic N) is 1. The molecular weight excluding hydrogens is 186 g/mol. The van der Waals surface area contributed by atoms with E-state index in [1.807, 2.05) is 0 Å². The lowest BCUT2D eigenvalue weighted by Crippen LogP contribution is -2.35. The van der Waals surface area contributed by atoms with E-state index < -0.39 is 12.0 Å². The highest BCUT2D eigenvalue weighted by Crippen LogP contribution is 1.94. The van der Waals surface area contributed by atoms with Crippen molar-refractivity contribution in [3.63, 3.8) is 0 Å². The predicted molar refractivity (Wildman–Crippen MR) is 48.6 cm³/mol. The molecule has 14 heavy (non-hydrogen) atoms. The van der Waals surface area contributed by atoms with Crippen LogP contribution < -0.4 is 11.3 Å². The standard InChI is InChI=1S/C8H11N3O3/c1-14-8(13)6(9)2-5-3-10-4-11-7(5)12/h3-4,6H,2,9H2,1H3,(H,10,11,12). The zero-order valence-corrected chi connectivity index (χ0v) is 7.69. The number of methoxy groups -OCH3 is 1. The van der Waals surface area contributed by atoms with Crippen LogP contribution in [0.3, 0.4) is 0 Å². The van der Waals surface area contributed by atoms with E-state index in [4.69, 9.17) is 5.73 Å². The number of carbonyl (C=O) groups excluding carboxylic acids is 1. The second-order valence-electron chi connectivity index (χ2n) is 2.74. The number of hydrogen-bond acceptors (Lipinski definition) is 5. The molecule has 6 heteroatoms. The highest BCUT2D eigenvalue weighted by atomic mass is 16.5. The van der Waals surface area contributed by atoms with Crippen molar-refractivity contribution < 1.29 is 9.53 Å². The van der Waals surface area contributed by atoms with E-state index in [-0.39, 0.29) is 12.0 Å². The van der Waals surface area contributed by atoms with E-state index in [1.54, 1.807) is 0 Å². The molecule has 0 fully saturated rings. The summed E-state index contributed by atoms with van der Waals surface area (Å²) in [6.07, 6.45) is 2.77. The molecule has 1 heterocycles. The molecule has 0 amide bonds. The molecule has 0 bridgehead atoms.